The highest BCUT2D eigenvalue weighted by atomic mass is 16.2. The Kier molecular flexibility index (Phi) is 8.64. The standard InChI is InChI=1S/C31H47N5O6/c1-15(2)21(23(37)17-11-12-17)34-29(42)35-25(30(3,4)5)28(41)36-14-18-20(31(18,6)7)22(36)27(40)33-19(24(38)26(32)39)13-16-9-8-10-16/h11,15-16,18-22,25H,8-10,12-14H2,1-7H3,(H2,32,39)(H,33,40)(H2,34,35,42)/t18-,19?,20-,21-,22-,25+/m0/s1. The SMILES string of the molecule is CC(C)[C@H](NC(=O)N[C@H](C(=O)N1C[C@H]2[C@@H]([C@H]1C(=O)NC(CC1CCC1)C(=O)C(N)=O)C2(C)C)C(C)(C)C)C(=O)C1=CC1. The number of nitrogens with two attached hydrogens (primary N) is 1. The predicted molar refractivity (Wildman–Crippen MR) is 156 cm³/mol. The van der Waals surface area contributed by atoms with E-state index in [0.717, 1.165) is 19.3 Å². The van der Waals surface area contributed by atoms with Gasteiger partial charge in [-0.15, -0.1) is 0 Å². The van der Waals surface area contributed by atoms with Crippen LogP contribution in [0.1, 0.15) is 80.6 Å². The second-order valence-corrected chi connectivity index (χ2v) is 14.6. The molecule has 0 aromatic rings. The number of nitrogens with one attached hydrogen (secondary N) is 3. The van der Waals surface area contributed by atoms with Crippen LogP contribution in [0.2, 0.25) is 0 Å². The van der Waals surface area contributed by atoms with E-state index in [0.29, 0.717) is 25.0 Å². The molecule has 6 atom stereocenters. The minimum absolute atomic E-state index is 0.0818. The molecule has 0 radical (unpaired) electrons. The van der Waals surface area contributed by atoms with Crippen molar-refractivity contribution in [2.45, 2.75) is 105 Å². The average Bonchev–Trinajstić information content (AvgIpc) is 3.74. The minimum atomic E-state index is -1.09. The Bertz CT molecular complexity index is 1200. The maximum atomic E-state index is 14.1. The van der Waals surface area contributed by atoms with Gasteiger partial charge in [0.15, 0.2) is 5.78 Å². The quantitative estimate of drug-likeness (QED) is 0.255. The molecule has 3 fully saturated rings. The van der Waals surface area contributed by atoms with Crippen molar-refractivity contribution in [3.8, 4) is 0 Å². The van der Waals surface area contributed by atoms with Gasteiger partial charge in [-0.2, -0.15) is 0 Å². The summed E-state index contributed by atoms with van der Waals surface area (Å²) in [7, 11) is 0. The monoisotopic (exact) mass is 585 g/mol. The summed E-state index contributed by atoms with van der Waals surface area (Å²) < 4.78 is 0. The van der Waals surface area contributed by atoms with E-state index < -0.39 is 59.1 Å². The van der Waals surface area contributed by atoms with Crippen LogP contribution in [-0.2, 0) is 24.0 Å². The summed E-state index contributed by atoms with van der Waals surface area (Å²) in [5.41, 5.74) is 5.10. The molecule has 232 valence electrons. The maximum absolute atomic E-state index is 14.1. The van der Waals surface area contributed by atoms with Crippen LogP contribution >= 0.6 is 0 Å². The normalized spacial score (nSPS) is 26.1. The minimum Gasteiger partial charge on any atom is -0.363 e. The van der Waals surface area contributed by atoms with Crippen molar-refractivity contribution in [2.75, 3.05) is 6.54 Å². The number of hydrogen-bond acceptors (Lipinski definition) is 6. The number of nitrogens with zero attached hydrogens (tertiary/aromatic N) is 1. The van der Waals surface area contributed by atoms with Crippen molar-refractivity contribution in [1.29, 1.82) is 0 Å². The molecule has 3 aliphatic carbocycles. The second kappa shape index (κ2) is 11.4. The molecule has 1 heterocycles. The molecule has 4 rings (SSSR count). The number of primary amides is 1. The van der Waals surface area contributed by atoms with Crippen molar-refractivity contribution in [3.63, 3.8) is 0 Å². The first-order valence-corrected chi connectivity index (χ1v) is 15.2. The van der Waals surface area contributed by atoms with Gasteiger partial charge in [-0.25, -0.2) is 4.79 Å². The van der Waals surface area contributed by atoms with Gasteiger partial charge in [0.05, 0.1) is 12.1 Å². The van der Waals surface area contributed by atoms with E-state index in [-0.39, 0.29) is 34.9 Å². The lowest BCUT2D eigenvalue weighted by Crippen LogP contribution is -2.62. The van der Waals surface area contributed by atoms with Crippen molar-refractivity contribution in [1.82, 2.24) is 20.9 Å². The zero-order chi connectivity index (χ0) is 31.3. The number of hydrogen-bond donors (Lipinski definition) is 4. The Balaban J connectivity index is 1.52. The third-order valence-corrected chi connectivity index (χ3v) is 9.78. The van der Waals surface area contributed by atoms with E-state index in [4.69, 9.17) is 5.73 Å². The van der Waals surface area contributed by atoms with E-state index in [1.165, 1.54) is 4.90 Å². The van der Waals surface area contributed by atoms with E-state index in [2.05, 4.69) is 29.8 Å². The molecule has 0 aromatic heterocycles. The number of rotatable bonds is 12. The molecule has 1 unspecified atom stereocenters. The van der Waals surface area contributed by atoms with Crippen LogP contribution in [0, 0.1) is 34.5 Å². The lowest BCUT2D eigenvalue weighted by atomic mass is 9.80. The molecule has 1 saturated heterocycles. The maximum Gasteiger partial charge on any atom is 0.316 e. The van der Waals surface area contributed by atoms with Gasteiger partial charge in [0.2, 0.25) is 17.6 Å². The summed E-state index contributed by atoms with van der Waals surface area (Å²) in [6.45, 7) is 13.6. The fourth-order valence-electron chi connectivity index (χ4n) is 6.65. The summed E-state index contributed by atoms with van der Waals surface area (Å²) >= 11 is 0. The predicted octanol–water partition coefficient (Wildman–Crippen LogP) is 1.84. The summed E-state index contributed by atoms with van der Waals surface area (Å²) in [4.78, 5) is 79.8. The first-order chi connectivity index (χ1) is 19.4. The lowest BCUT2D eigenvalue weighted by molar-refractivity contribution is -0.145. The molecule has 11 heteroatoms. The van der Waals surface area contributed by atoms with Crippen LogP contribution in [0.3, 0.4) is 0 Å². The molecule has 5 N–H and O–H groups in total. The number of carbonyl (C=O) groups excluding carboxylic acids is 6. The Labute approximate surface area is 248 Å². The zero-order valence-electron chi connectivity index (χ0n) is 25.9. The number of urea groups is 1. The molecular formula is C31H47N5O6. The molecule has 0 spiro atoms. The Hall–Kier alpha value is -3.24. The first kappa shape index (κ1) is 31.7. The average molecular weight is 586 g/mol. The molecule has 11 nitrogen and oxygen atoms in total. The van der Waals surface area contributed by atoms with Crippen LogP contribution in [0.15, 0.2) is 11.6 Å². The fourth-order valence-corrected chi connectivity index (χ4v) is 6.65. The number of piperidine rings is 1. The highest BCUT2D eigenvalue weighted by Crippen LogP contribution is 2.65. The summed E-state index contributed by atoms with van der Waals surface area (Å²) in [5.74, 6) is -2.91. The smallest absolute Gasteiger partial charge is 0.316 e. The third-order valence-electron chi connectivity index (χ3n) is 9.78. The molecule has 4 aliphatic rings. The van der Waals surface area contributed by atoms with Gasteiger partial charge >= 0.3 is 6.03 Å². The molecule has 5 amide bonds. The molecule has 2 saturated carbocycles. The van der Waals surface area contributed by atoms with Crippen molar-refractivity contribution >= 4 is 35.3 Å². The topological polar surface area (TPSA) is 168 Å². The molecule has 42 heavy (non-hydrogen) atoms. The second-order valence-electron chi connectivity index (χ2n) is 14.6. The number of amides is 5. The largest absolute Gasteiger partial charge is 0.363 e. The summed E-state index contributed by atoms with van der Waals surface area (Å²) in [6, 6.07) is -4.23. The van der Waals surface area contributed by atoms with Gasteiger partial charge in [-0.3, -0.25) is 24.0 Å². The van der Waals surface area contributed by atoms with Gasteiger partial charge in [0.1, 0.15) is 12.1 Å². The fraction of sp³-hybridized carbons (Fsp3) is 0.742. The lowest BCUT2D eigenvalue weighted by Gasteiger charge is -2.38. The number of fused-ring (bicyclic) bond motifs is 1. The number of Topliss-reactive ketones (excluding diaryl/α,β-unsaturated/α-hetero) is 2. The van der Waals surface area contributed by atoms with E-state index in [1.54, 1.807) is 0 Å². The van der Waals surface area contributed by atoms with Gasteiger partial charge in [0.25, 0.3) is 5.91 Å². The number of allylic oxidation sites excluding steroid dienone is 1. The van der Waals surface area contributed by atoms with E-state index >= 15 is 0 Å². The number of likely N-dealkylation sites (tertiary alicyclic amines) is 1. The third kappa shape index (κ3) is 6.39. The highest BCUT2D eigenvalue weighted by molar-refractivity contribution is 6.37. The van der Waals surface area contributed by atoms with E-state index in [1.807, 2.05) is 40.7 Å². The van der Waals surface area contributed by atoms with Gasteiger partial charge in [-0.05, 0) is 52.9 Å². The Morgan fingerprint density at radius 1 is 1.05 bits per heavy atom. The van der Waals surface area contributed by atoms with Crippen LogP contribution in [0.4, 0.5) is 4.79 Å². The van der Waals surface area contributed by atoms with Gasteiger partial charge in [-0.1, -0.05) is 73.8 Å². The Morgan fingerprint density at radius 2 is 1.67 bits per heavy atom. The first-order valence-electron chi connectivity index (χ1n) is 15.2. The summed E-state index contributed by atoms with van der Waals surface area (Å²) in [6.07, 6.45) is 5.66. The van der Waals surface area contributed by atoms with Crippen LogP contribution in [0.25, 0.3) is 0 Å². The van der Waals surface area contributed by atoms with E-state index in [9.17, 15) is 28.8 Å². The molecule has 0 bridgehead atoms. The van der Waals surface area contributed by atoms with Crippen molar-refractivity contribution < 1.29 is 28.8 Å². The van der Waals surface area contributed by atoms with Gasteiger partial charge < -0.3 is 26.6 Å². The molecule has 1 aliphatic heterocycles. The number of carbonyl (C=O) groups is 6. The van der Waals surface area contributed by atoms with Crippen LogP contribution < -0.4 is 21.7 Å². The zero-order valence-corrected chi connectivity index (χ0v) is 25.9. The van der Waals surface area contributed by atoms with Crippen LogP contribution in [-0.4, -0.2) is 70.9 Å². The Morgan fingerprint density at radius 3 is 2.14 bits per heavy atom. The van der Waals surface area contributed by atoms with Crippen LogP contribution in [0.5, 0.6) is 0 Å². The summed E-state index contributed by atoms with van der Waals surface area (Å²) in [5, 5.41) is 8.33. The number of ketones is 2. The molecule has 0 aromatic carbocycles. The van der Waals surface area contributed by atoms with Crippen molar-refractivity contribution in [3.05, 3.63) is 11.6 Å². The molecular weight excluding hydrogens is 538 g/mol. The van der Waals surface area contributed by atoms with Crippen molar-refractivity contribution in [2.24, 2.45) is 40.2 Å². The highest BCUT2D eigenvalue weighted by Gasteiger charge is 2.70. The van der Waals surface area contributed by atoms with Gasteiger partial charge in [0, 0.05) is 6.54 Å².